The molecule has 0 heterocycles. The van der Waals surface area contributed by atoms with Gasteiger partial charge in [0.1, 0.15) is 0 Å². The molecular weight excluding hydrogens is 252 g/mol. The van der Waals surface area contributed by atoms with E-state index in [1.54, 1.807) is 6.92 Å². The van der Waals surface area contributed by atoms with Gasteiger partial charge in [-0.1, -0.05) is 57.6 Å². The number of rotatable bonds is 10. The Morgan fingerprint density at radius 2 is 1.53 bits per heavy atom. The topological polar surface area (TPSA) is 20.2 Å². The van der Waals surface area contributed by atoms with Crippen LogP contribution in [0.2, 0.25) is 0 Å². The molecule has 0 saturated carbocycles. The van der Waals surface area contributed by atoms with E-state index >= 15 is 0 Å². The monoisotopic (exact) mass is 280 g/mol. The SMILES string of the molecule is CCCCCCCCCSc1ccc(C(C)O)cc1. The molecule has 0 saturated heterocycles. The molecular formula is C17H28OS. The van der Waals surface area contributed by atoms with Gasteiger partial charge < -0.3 is 5.11 Å². The summed E-state index contributed by atoms with van der Waals surface area (Å²) in [5.74, 6) is 1.21. The van der Waals surface area contributed by atoms with E-state index in [0.29, 0.717) is 0 Å². The first-order valence-corrected chi connectivity index (χ1v) is 8.63. The molecule has 1 unspecified atom stereocenters. The highest BCUT2D eigenvalue weighted by Gasteiger charge is 2.00. The number of aliphatic hydroxyl groups is 1. The molecule has 2 heteroatoms. The average Bonchev–Trinajstić information content (AvgIpc) is 2.42. The second-order valence-corrected chi connectivity index (χ2v) is 6.38. The number of thioether (sulfide) groups is 1. The van der Waals surface area contributed by atoms with Crippen molar-refractivity contribution in [2.75, 3.05) is 5.75 Å². The van der Waals surface area contributed by atoms with Crippen LogP contribution in [0.15, 0.2) is 29.2 Å². The van der Waals surface area contributed by atoms with Crippen molar-refractivity contribution in [3.63, 3.8) is 0 Å². The molecule has 19 heavy (non-hydrogen) atoms. The number of aliphatic hydroxyl groups excluding tert-OH is 1. The van der Waals surface area contributed by atoms with Gasteiger partial charge in [0.2, 0.25) is 0 Å². The smallest absolute Gasteiger partial charge is 0.0761 e. The zero-order valence-electron chi connectivity index (χ0n) is 12.4. The Kier molecular flexibility index (Phi) is 9.02. The minimum atomic E-state index is -0.359. The van der Waals surface area contributed by atoms with Gasteiger partial charge in [0, 0.05) is 4.90 Å². The highest BCUT2D eigenvalue weighted by molar-refractivity contribution is 7.99. The maximum atomic E-state index is 9.44. The van der Waals surface area contributed by atoms with Crippen LogP contribution in [0.1, 0.15) is 70.5 Å². The number of unbranched alkanes of at least 4 members (excludes halogenated alkanes) is 6. The van der Waals surface area contributed by atoms with Crippen LogP contribution in [-0.4, -0.2) is 10.9 Å². The van der Waals surface area contributed by atoms with Crippen molar-refractivity contribution in [1.82, 2.24) is 0 Å². The summed E-state index contributed by atoms with van der Waals surface area (Å²) in [5.41, 5.74) is 1.00. The second-order valence-electron chi connectivity index (χ2n) is 5.21. The molecule has 0 bridgehead atoms. The third-order valence-corrected chi connectivity index (χ3v) is 4.48. The van der Waals surface area contributed by atoms with E-state index in [2.05, 4.69) is 19.1 Å². The van der Waals surface area contributed by atoms with E-state index in [1.807, 2.05) is 23.9 Å². The van der Waals surface area contributed by atoms with E-state index in [9.17, 15) is 5.11 Å². The third kappa shape index (κ3) is 7.64. The van der Waals surface area contributed by atoms with Crippen molar-refractivity contribution < 1.29 is 5.11 Å². The highest BCUT2D eigenvalue weighted by atomic mass is 32.2. The maximum absolute atomic E-state index is 9.44. The van der Waals surface area contributed by atoms with E-state index in [4.69, 9.17) is 0 Å². The first-order valence-electron chi connectivity index (χ1n) is 7.65. The van der Waals surface area contributed by atoms with Gasteiger partial charge in [0.05, 0.1) is 6.10 Å². The lowest BCUT2D eigenvalue weighted by Crippen LogP contribution is -1.90. The largest absolute Gasteiger partial charge is 0.389 e. The van der Waals surface area contributed by atoms with Gasteiger partial charge in [0.25, 0.3) is 0 Å². The summed E-state index contributed by atoms with van der Waals surface area (Å²) >= 11 is 1.93. The highest BCUT2D eigenvalue weighted by Crippen LogP contribution is 2.22. The molecule has 0 aliphatic heterocycles. The average molecular weight is 280 g/mol. The zero-order valence-corrected chi connectivity index (χ0v) is 13.2. The summed E-state index contributed by atoms with van der Waals surface area (Å²) in [7, 11) is 0. The normalized spacial score (nSPS) is 12.6. The van der Waals surface area contributed by atoms with Gasteiger partial charge >= 0.3 is 0 Å². The molecule has 0 aliphatic carbocycles. The van der Waals surface area contributed by atoms with Crippen molar-refractivity contribution in [1.29, 1.82) is 0 Å². The van der Waals surface area contributed by atoms with Crippen molar-refractivity contribution in [2.45, 2.75) is 69.8 Å². The van der Waals surface area contributed by atoms with Gasteiger partial charge in [0.15, 0.2) is 0 Å². The van der Waals surface area contributed by atoms with Crippen molar-refractivity contribution >= 4 is 11.8 Å². The molecule has 0 fully saturated rings. The number of benzene rings is 1. The minimum absolute atomic E-state index is 0.359. The fraction of sp³-hybridized carbons (Fsp3) is 0.647. The molecule has 0 aromatic heterocycles. The molecule has 108 valence electrons. The first kappa shape index (κ1) is 16.6. The third-order valence-electron chi connectivity index (χ3n) is 3.38. The van der Waals surface area contributed by atoms with E-state index in [1.165, 1.54) is 55.6 Å². The standard InChI is InChI=1S/C17H28OS/c1-3-4-5-6-7-8-9-14-19-17-12-10-16(11-13-17)15(2)18/h10-13,15,18H,3-9,14H2,1-2H3. The summed E-state index contributed by atoms with van der Waals surface area (Å²) in [6.45, 7) is 4.07. The van der Waals surface area contributed by atoms with Gasteiger partial charge in [-0.25, -0.2) is 0 Å². The number of hydrogen-bond acceptors (Lipinski definition) is 2. The fourth-order valence-corrected chi connectivity index (χ4v) is 3.00. The lowest BCUT2D eigenvalue weighted by Gasteiger charge is -2.06. The van der Waals surface area contributed by atoms with Crippen molar-refractivity contribution in [3.8, 4) is 0 Å². The van der Waals surface area contributed by atoms with Crippen LogP contribution in [0.4, 0.5) is 0 Å². The van der Waals surface area contributed by atoms with Gasteiger partial charge in [-0.05, 0) is 36.8 Å². The van der Waals surface area contributed by atoms with E-state index in [0.717, 1.165) is 5.56 Å². The Morgan fingerprint density at radius 3 is 2.11 bits per heavy atom. The summed E-state index contributed by atoms with van der Waals surface area (Å²) in [6.07, 6.45) is 9.25. The quantitative estimate of drug-likeness (QED) is 0.446. The molecule has 0 aliphatic rings. The molecule has 1 atom stereocenters. The fourth-order valence-electron chi connectivity index (χ4n) is 2.09. The first-order chi connectivity index (χ1) is 9.24. The summed E-state index contributed by atoms with van der Waals surface area (Å²) in [4.78, 5) is 1.32. The van der Waals surface area contributed by atoms with Crippen LogP contribution in [0.25, 0.3) is 0 Å². The van der Waals surface area contributed by atoms with E-state index in [-0.39, 0.29) is 6.10 Å². The number of hydrogen-bond donors (Lipinski definition) is 1. The van der Waals surface area contributed by atoms with Gasteiger partial charge in [-0.2, -0.15) is 0 Å². The molecule has 0 radical (unpaired) electrons. The molecule has 0 amide bonds. The summed E-state index contributed by atoms with van der Waals surface area (Å²) in [6, 6.07) is 8.29. The van der Waals surface area contributed by atoms with E-state index < -0.39 is 0 Å². The lowest BCUT2D eigenvalue weighted by atomic mass is 10.1. The van der Waals surface area contributed by atoms with Crippen LogP contribution >= 0.6 is 11.8 Å². The van der Waals surface area contributed by atoms with Crippen LogP contribution < -0.4 is 0 Å². The van der Waals surface area contributed by atoms with Crippen LogP contribution in [0.3, 0.4) is 0 Å². The molecule has 1 rings (SSSR count). The molecule has 1 N–H and O–H groups in total. The molecule has 1 aromatic rings. The summed E-state index contributed by atoms with van der Waals surface area (Å²) < 4.78 is 0. The van der Waals surface area contributed by atoms with Gasteiger partial charge in [-0.15, -0.1) is 11.8 Å². The zero-order chi connectivity index (χ0) is 13.9. The Bertz CT molecular complexity index is 319. The Hall–Kier alpha value is -0.470. The van der Waals surface area contributed by atoms with Crippen LogP contribution in [0.5, 0.6) is 0 Å². The summed E-state index contributed by atoms with van der Waals surface area (Å²) in [5, 5.41) is 9.44. The molecule has 1 aromatic carbocycles. The Labute approximate surface area is 122 Å². The molecule has 1 nitrogen and oxygen atoms in total. The predicted octanol–water partition coefficient (Wildman–Crippen LogP) is 5.58. The maximum Gasteiger partial charge on any atom is 0.0761 e. The molecule has 0 spiro atoms. The van der Waals surface area contributed by atoms with Crippen molar-refractivity contribution in [3.05, 3.63) is 29.8 Å². The Balaban J connectivity index is 2.06. The van der Waals surface area contributed by atoms with Gasteiger partial charge in [-0.3, -0.25) is 0 Å². The lowest BCUT2D eigenvalue weighted by molar-refractivity contribution is 0.199. The minimum Gasteiger partial charge on any atom is -0.389 e. The van der Waals surface area contributed by atoms with Crippen molar-refractivity contribution in [2.24, 2.45) is 0 Å². The van der Waals surface area contributed by atoms with Crippen LogP contribution in [0, 0.1) is 0 Å². The Morgan fingerprint density at radius 1 is 0.947 bits per heavy atom. The predicted molar refractivity (Wildman–Crippen MR) is 85.8 cm³/mol. The van der Waals surface area contributed by atoms with Crippen LogP contribution in [-0.2, 0) is 0 Å². The second kappa shape index (κ2) is 10.3.